The zero-order valence-corrected chi connectivity index (χ0v) is 12.3. The molecule has 0 fully saturated rings. The van der Waals surface area contributed by atoms with Crippen LogP contribution in [0.5, 0.6) is 0 Å². The van der Waals surface area contributed by atoms with Crippen LogP contribution < -0.4 is 4.72 Å². The molecule has 0 aliphatic carbocycles. The number of hydrogen-bond donors (Lipinski definition) is 2. The molecule has 0 unspecified atom stereocenters. The lowest BCUT2D eigenvalue weighted by Crippen LogP contribution is -2.23. The first-order valence-corrected chi connectivity index (χ1v) is 7.95. The van der Waals surface area contributed by atoms with E-state index in [1.54, 1.807) is 11.6 Å². The van der Waals surface area contributed by atoms with Crippen molar-refractivity contribution in [3.05, 3.63) is 34.0 Å². The second kappa shape index (κ2) is 5.41. The van der Waals surface area contributed by atoms with Crippen molar-refractivity contribution >= 4 is 21.4 Å². The highest BCUT2D eigenvalue weighted by Crippen LogP contribution is 2.14. The minimum atomic E-state index is -3.58. The molecule has 104 valence electrons. The maximum atomic E-state index is 12.1. The Morgan fingerprint density at radius 1 is 1.53 bits per heavy atom. The van der Waals surface area contributed by atoms with E-state index in [1.165, 1.54) is 23.6 Å². The Morgan fingerprint density at radius 3 is 2.79 bits per heavy atom. The van der Waals surface area contributed by atoms with Gasteiger partial charge in [0, 0.05) is 24.3 Å². The standard InChI is InChI=1S/C11H15N3O3S2/c1-8-13-9(7-18-8)4-12-19(16,17)11-3-10(6-15)14(2)5-11/h3,5,7,12,15H,4,6H2,1-2H3. The molecule has 2 N–H and O–H groups in total. The van der Waals surface area contributed by atoms with E-state index in [0.29, 0.717) is 11.4 Å². The summed E-state index contributed by atoms with van der Waals surface area (Å²) < 4.78 is 28.2. The fourth-order valence-corrected chi connectivity index (χ4v) is 3.33. The van der Waals surface area contributed by atoms with Crippen LogP contribution in [-0.2, 0) is 30.2 Å². The first-order chi connectivity index (χ1) is 8.92. The summed E-state index contributed by atoms with van der Waals surface area (Å²) in [5, 5.41) is 11.8. The van der Waals surface area contributed by atoms with Gasteiger partial charge in [-0.15, -0.1) is 11.3 Å². The predicted octanol–water partition coefficient (Wildman–Crippen LogP) is 0.761. The zero-order chi connectivity index (χ0) is 14.0. The van der Waals surface area contributed by atoms with Gasteiger partial charge >= 0.3 is 0 Å². The molecule has 0 aliphatic heterocycles. The minimum absolute atomic E-state index is 0.144. The fourth-order valence-electron chi connectivity index (χ4n) is 1.62. The lowest BCUT2D eigenvalue weighted by molar-refractivity contribution is 0.272. The lowest BCUT2D eigenvalue weighted by Gasteiger charge is -2.02. The quantitative estimate of drug-likeness (QED) is 0.854. The maximum Gasteiger partial charge on any atom is 0.242 e. The average Bonchev–Trinajstić information content (AvgIpc) is 2.93. The Kier molecular flexibility index (Phi) is 4.04. The summed E-state index contributed by atoms with van der Waals surface area (Å²) in [6.45, 7) is 1.83. The molecule has 0 bridgehead atoms. The number of aliphatic hydroxyl groups is 1. The second-order valence-electron chi connectivity index (χ2n) is 4.12. The second-order valence-corrected chi connectivity index (χ2v) is 6.95. The van der Waals surface area contributed by atoms with E-state index in [9.17, 15) is 8.42 Å². The van der Waals surface area contributed by atoms with Crippen LogP contribution in [0.15, 0.2) is 22.5 Å². The monoisotopic (exact) mass is 301 g/mol. The van der Waals surface area contributed by atoms with Crippen molar-refractivity contribution in [2.45, 2.75) is 25.0 Å². The van der Waals surface area contributed by atoms with Gasteiger partial charge in [0.2, 0.25) is 10.0 Å². The summed E-state index contributed by atoms with van der Waals surface area (Å²) in [5.74, 6) is 0. The maximum absolute atomic E-state index is 12.1. The van der Waals surface area contributed by atoms with E-state index in [0.717, 1.165) is 5.01 Å². The van der Waals surface area contributed by atoms with Crippen molar-refractivity contribution in [3.8, 4) is 0 Å². The van der Waals surface area contributed by atoms with Gasteiger partial charge in [0.15, 0.2) is 0 Å². The Balaban J connectivity index is 2.13. The van der Waals surface area contributed by atoms with E-state index >= 15 is 0 Å². The molecule has 2 rings (SSSR count). The highest BCUT2D eigenvalue weighted by Gasteiger charge is 2.17. The third-order valence-corrected chi connectivity index (χ3v) is 4.86. The summed E-state index contributed by atoms with van der Waals surface area (Å²) in [7, 11) is -1.89. The Hall–Kier alpha value is -1.22. The highest BCUT2D eigenvalue weighted by molar-refractivity contribution is 7.89. The molecule has 0 saturated heterocycles. The predicted molar refractivity (Wildman–Crippen MR) is 72.2 cm³/mol. The number of thiazole rings is 1. The fraction of sp³-hybridized carbons (Fsp3) is 0.364. The van der Waals surface area contributed by atoms with Crippen molar-refractivity contribution in [2.24, 2.45) is 7.05 Å². The molecule has 0 aromatic carbocycles. The summed E-state index contributed by atoms with van der Waals surface area (Å²) in [6.07, 6.45) is 1.47. The molecule has 0 saturated carbocycles. The Labute approximate surface area is 115 Å². The first-order valence-electron chi connectivity index (χ1n) is 5.59. The molecule has 2 aromatic rings. The van der Waals surface area contributed by atoms with Gasteiger partial charge in [0.1, 0.15) is 0 Å². The zero-order valence-electron chi connectivity index (χ0n) is 10.6. The van der Waals surface area contributed by atoms with E-state index in [-0.39, 0.29) is 18.0 Å². The van der Waals surface area contributed by atoms with Crippen molar-refractivity contribution in [3.63, 3.8) is 0 Å². The third-order valence-electron chi connectivity index (χ3n) is 2.66. The van der Waals surface area contributed by atoms with Crippen molar-refractivity contribution in [1.82, 2.24) is 14.3 Å². The molecule has 0 amide bonds. The van der Waals surface area contributed by atoms with Crippen LogP contribution in [0.3, 0.4) is 0 Å². The molecule has 0 aliphatic rings. The molecular weight excluding hydrogens is 286 g/mol. The Morgan fingerprint density at radius 2 is 2.26 bits per heavy atom. The minimum Gasteiger partial charge on any atom is -0.390 e. The number of aromatic nitrogens is 2. The van der Waals surface area contributed by atoms with Crippen LogP contribution in [-0.4, -0.2) is 23.1 Å². The topological polar surface area (TPSA) is 84.2 Å². The smallest absolute Gasteiger partial charge is 0.242 e. The van der Waals surface area contributed by atoms with Gasteiger partial charge in [-0.05, 0) is 13.0 Å². The third kappa shape index (κ3) is 3.21. The first kappa shape index (κ1) is 14.2. The number of nitrogens with one attached hydrogen (secondary N) is 1. The van der Waals surface area contributed by atoms with Crippen molar-refractivity contribution < 1.29 is 13.5 Å². The Bertz CT molecular complexity index is 673. The number of nitrogens with zero attached hydrogens (tertiary/aromatic N) is 2. The molecular formula is C11H15N3O3S2. The molecule has 2 heterocycles. The van der Waals surface area contributed by atoms with Crippen LogP contribution in [0.4, 0.5) is 0 Å². The van der Waals surface area contributed by atoms with Crippen LogP contribution in [0, 0.1) is 6.92 Å². The average molecular weight is 301 g/mol. The molecule has 0 radical (unpaired) electrons. The van der Waals surface area contributed by atoms with Gasteiger partial charge in [-0.1, -0.05) is 0 Å². The number of sulfonamides is 1. The molecule has 0 atom stereocenters. The number of hydrogen-bond acceptors (Lipinski definition) is 5. The van der Waals surface area contributed by atoms with E-state index in [4.69, 9.17) is 5.11 Å². The normalized spacial score (nSPS) is 11.9. The van der Waals surface area contributed by atoms with Crippen molar-refractivity contribution in [2.75, 3.05) is 0 Å². The molecule has 8 heteroatoms. The van der Waals surface area contributed by atoms with Crippen LogP contribution in [0.2, 0.25) is 0 Å². The molecule has 6 nitrogen and oxygen atoms in total. The van der Waals surface area contributed by atoms with Gasteiger partial charge in [-0.25, -0.2) is 18.1 Å². The number of aliphatic hydroxyl groups excluding tert-OH is 1. The van der Waals surface area contributed by atoms with Crippen molar-refractivity contribution in [1.29, 1.82) is 0 Å². The summed E-state index contributed by atoms with van der Waals surface area (Å²) in [6, 6.07) is 1.45. The SMILES string of the molecule is Cc1nc(CNS(=O)(=O)c2cc(CO)n(C)c2)cs1. The highest BCUT2D eigenvalue weighted by atomic mass is 32.2. The summed E-state index contributed by atoms with van der Waals surface area (Å²) >= 11 is 1.48. The van der Waals surface area contributed by atoms with E-state index in [1.807, 2.05) is 12.3 Å². The number of aryl methyl sites for hydroxylation is 2. The molecule has 19 heavy (non-hydrogen) atoms. The van der Waals surface area contributed by atoms with Crippen LogP contribution in [0.1, 0.15) is 16.4 Å². The van der Waals surface area contributed by atoms with Gasteiger partial charge in [-0.3, -0.25) is 0 Å². The van der Waals surface area contributed by atoms with Gasteiger partial charge < -0.3 is 9.67 Å². The summed E-state index contributed by atoms with van der Waals surface area (Å²) in [5.41, 5.74) is 1.24. The van der Waals surface area contributed by atoms with Gasteiger partial charge in [0.25, 0.3) is 0 Å². The molecule has 0 spiro atoms. The van der Waals surface area contributed by atoms with Gasteiger partial charge in [0.05, 0.1) is 28.7 Å². The van der Waals surface area contributed by atoms with Crippen LogP contribution >= 0.6 is 11.3 Å². The largest absolute Gasteiger partial charge is 0.390 e. The number of rotatable bonds is 5. The van der Waals surface area contributed by atoms with E-state index in [2.05, 4.69) is 9.71 Å². The summed E-state index contributed by atoms with van der Waals surface area (Å²) in [4.78, 5) is 4.34. The molecule has 2 aromatic heterocycles. The lowest BCUT2D eigenvalue weighted by atomic mass is 10.5. The van der Waals surface area contributed by atoms with Crippen LogP contribution in [0.25, 0.3) is 0 Å². The van der Waals surface area contributed by atoms with Gasteiger partial charge in [-0.2, -0.15) is 0 Å². The van der Waals surface area contributed by atoms with E-state index < -0.39 is 10.0 Å².